The Morgan fingerprint density at radius 3 is 1.47 bits per heavy atom. The fourth-order valence-electron chi connectivity index (χ4n) is 4.88. The Bertz CT molecular complexity index is 541. The molecule has 32 heavy (non-hydrogen) atoms. The maximum atomic E-state index is 12.6. The van der Waals surface area contributed by atoms with Crippen molar-refractivity contribution in [3.63, 3.8) is 0 Å². The lowest BCUT2D eigenvalue weighted by atomic mass is 9.66. The fourth-order valence-corrected chi connectivity index (χ4v) is 4.88. The maximum absolute atomic E-state index is 12.6. The van der Waals surface area contributed by atoms with Gasteiger partial charge in [0.15, 0.2) is 0 Å². The number of aliphatic hydroxyl groups is 7. The van der Waals surface area contributed by atoms with Crippen LogP contribution in [0, 0.1) is 5.41 Å². The molecule has 2 aliphatic rings. The summed E-state index contributed by atoms with van der Waals surface area (Å²) in [5.74, 6) is 0. The van der Waals surface area contributed by atoms with E-state index in [9.17, 15) is 35.4 Å². The molecular weight excluding hydrogens is 424 g/mol. The highest BCUT2D eigenvalue weighted by molar-refractivity contribution is 5.62. The SMILES string of the molecule is C[C@@H]1OC(C(C=O)(CCCCCCCCO)C2O[C@@H](C)[C@H](O)[C@@H](O)[C@H]2O)[C@H](O)[C@H](O)[C@H]1O. The van der Waals surface area contributed by atoms with Crippen molar-refractivity contribution >= 4 is 6.29 Å². The van der Waals surface area contributed by atoms with Gasteiger partial charge in [0.05, 0.1) is 17.6 Å². The van der Waals surface area contributed by atoms with Gasteiger partial charge < -0.3 is 50.0 Å². The summed E-state index contributed by atoms with van der Waals surface area (Å²) >= 11 is 0. The van der Waals surface area contributed by atoms with E-state index in [1.165, 1.54) is 13.8 Å². The van der Waals surface area contributed by atoms with E-state index >= 15 is 0 Å². The lowest BCUT2D eigenvalue weighted by Gasteiger charge is -2.53. The molecule has 2 unspecified atom stereocenters. The van der Waals surface area contributed by atoms with E-state index in [-0.39, 0.29) is 13.0 Å². The topological polar surface area (TPSA) is 177 Å². The van der Waals surface area contributed by atoms with Crippen LogP contribution < -0.4 is 0 Å². The highest BCUT2D eigenvalue weighted by Gasteiger charge is 2.60. The van der Waals surface area contributed by atoms with Gasteiger partial charge in [-0.05, 0) is 26.7 Å². The van der Waals surface area contributed by atoms with Gasteiger partial charge in [-0.15, -0.1) is 0 Å². The van der Waals surface area contributed by atoms with E-state index < -0.39 is 66.5 Å². The van der Waals surface area contributed by atoms with Crippen molar-refractivity contribution in [1.82, 2.24) is 0 Å². The molecule has 0 saturated carbocycles. The van der Waals surface area contributed by atoms with Gasteiger partial charge in [-0.2, -0.15) is 0 Å². The van der Waals surface area contributed by atoms with Crippen molar-refractivity contribution in [2.45, 2.75) is 120 Å². The number of carbonyl (C=O) groups is 1. The molecule has 10 heteroatoms. The van der Waals surface area contributed by atoms with E-state index in [4.69, 9.17) is 14.6 Å². The Kier molecular flexibility index (Phi) is 10.5. The third-order valence-corrected chi connectivity index (χ3v) is 7.00. The first kappa shape index (κ1) is 27.6. The lowest BCUT2D eigenvalue weighted by Crippen LogP contribution is -2.69. The summed E-state index contributed by atoms with van der Waals surface area (Å²) in [7, 11) is 0. The number of ether oxygens (including phenoxy) is 2. The smallest absolute Gasteiger partial charge is 0.131 e. The second-order valence-corrected chi connectivity index (χ2v) is 9.29. The third-order valence-electron chi connectivity index (χ3n) is 7.00. The first-order chi connectivity index (χ1) is 15.1. The molecule has 0 amide bonds. The van der Waals surface area contributed by atoms with Crippen LogP contribution in [0.4, 0.5) is 0 Å². The molecule has 0 bridgehead atoms. The molecular formula is C22H40O10. The first-order valence-corrected chi connectivity index (χ1v) is 11.6. The summed E-state index contributed by atoms with van der Waals surface area (Å²) < 4.78 is 11.6. The van der Waals surface area contributed by atoms with Crippen LogP contribution in [0.3, 0.4) is 0 Å². The van der Waals surface area contributed by atoms with Gasteiger partial charge in [0.2, 0.25) is 0 Å². The van der Waals surface area contributed by atoms with Crippen molar-refractivity contribution in [2.24, 2.45) is 5.41 Å². The van der Waals surface area contributed by atoms with Gasteiger partial charge in [-0.1, -0.05) is 32.1 Å². The van der Waals surface area contributed by atoms with E-state index in [1.54, 1.807) is 0 Å². The van der Waals surface area contributed by atoms with Crippen molar-refractivity contribution in [3.05, 3.63) is 0 Å². The average Bonchev–Trinajstić information content (AvgIpc) is 2.78. The third kappa shape index (κ3) is 5.68. The molecule has 7 N–H and O–H groups in total. The Labute approximate surface area is 188 Å². The highest BCUT2D eigenvalue weighted by atomic mass is 16.6. The van der Waals surface area contributed by atoms with Gasteiger partial charge in [0.1, 0.15) is 55.1 Å². The minimum absolute atomic E-state index is 0.130. The van der Waals surface area contributed by atoms with Gasteiger partial charge in [0, 0.05) is 6.61 Å². The van der Waals surface area contributed by atoms with Gasteiger partial charge in [0.25, 0.3) is 0 Å². The van der Waals surface area contributed by atoms with E-state index in [0.29, 0.717) is 12.7 Å². The molecule has 10 atom stereocenters. The number of hydrogen-bond donors (Lipinski definition) is 7. The fraction of sp³-hybridized carbons (Fsp3) is 0.955. The van der Waals surface area contributed by atoms with Crippen molar-refractivity contribution < 1.29 is 50.0 Å². The molecule has 0 aromatic heterocycles. The van der Waals surface area contributed by atoms with Crippen LogP contribution in [0.2, 0.25) is 0 Å². The molecule has 2 fully saturated rings. The minimum atomic E-state index is -1.64. The minimum Gasteiger partial charge on any atom is -0.396 e. The Morgan fingerprint density at radius 1 is 0.656 bits per heavy atom. The van der Waals surface area contributed by atoms with Crippen LogP contribution in [0.25, 0.3) is 0 Å². The zero-order chi connectivity index (χ0) is 24.1. The Balaban J connectivity index is 2.29. The van der Waals surface area contributed by atoms with E-state index in [1.807, 2.05) is 0 Å². The first-order valence-electron chi connectivity index (χ1n) is 11.6. The molecule has 2 rings (SSSR count). The molecule has 0 aromatic carbocycles. The normalized spacial score (nSPS) is 42.4. The van der Waals surface area contributed by atoms with Crippen LogP contribution in [-0.2, 0) is 14.3 Å². The molecule has 2 heterocycles. The maximum Gasteiger partial charge on any atom is 0.131 e. The summed E-state index contributed by atoms with van der Waals surface area (Å²) in [4.78, 5) is 12.6. The largest absolute Gasteiger partial charge is 0.396 e. The molecule has 0 aliphatic carbocycles. The molecule has 188 valence electrons. The molecule has 0 spiro atoms. The number of carbonyl (C=O) groups excluding carboxylic acids is 1. The second kappa shape index (κ2) is 12.1. The number of hydrogen-bond acceptors (Lipinski definition) is 10. The van der Waals surface area contributed by atoms with E-state index in [0.717, 1.165) is 32.1 Å². The predicted molar refractivity (Wildman–Crippen MR) is 113 cm³/mol. The van der Waals surface area contributed by atoms with Gasteiger partial charge in [-0.3, -0.25) is 0 Å². The molecule has 10 nitrogen and oxygen atoms in total. The number of rotatable bonds is 11. The van der Waals surface area contributed by atoms with Gasteiger partial charge >= 0.3 is 0 Å². The predicted octanol–water partition coefficient (Wildman–Crippen LogP) is -1.37. The van der Waals surface area contributed by atoms with E-state index in [2.05, 4.69) is 0 Å². The van der Waals surface area contributed by atoms with Crippen LogP contribution >= 0.6 is 0 Å². The van der Waals surface area contributed by atoms with Crippen molar-refractivity contribution in [1.29, 1.82) is 0 Å². The lowest BCUT2D eigenvalue weighted by molar-refractivity contribution is -0.290. The average molecular weight is 465 g/mol. The summed E-state index contributed by atoms with van der Waals surface area (Å²) in [5, 5.41) is 71.2. The molecule has 2 aliphatic heterocycles. The molecule has 2 saturated heterocycles. The highest BCUT2D eigenvalue weighted by Crippen LogP contribution is 2.44. The van der Waals surface area contributed by atoms with Crippen LogP contribution in [-0.4, -0.2) is 110 Å². The van der Waals surface area contributed by atoms with Crippen molar-refractivity contribution in [2.75, 3.05) is 6.61 Å². The number of aldehydes is 1. The summed E-state index contributed by atoms with van der Waals surface area (Å²) in [6.07, 6.45) is -8.28. The zero-order valence-corrected chi connectivity index (χ0v) is 18.9. The second-order valence-electron chi connectivity index (χ2n) is 9.29. The van der Waals surface area contributed by atoms with Gasteiger partial charge in [-0.25, -0.2) is 0 Å². The number of aliphatic hydroxyl groups excluding tert-OH is 7. The number of unbranched alkanes of at least 4 members (excludes halogenated alkanes) is 5. The summed E-state index contributed by atoms with van der Waals surface area (Å²) in [6.45, 7) is 3.15. The van der Waals surface area contributed by atoms with Crippen LogP contribution in [0.1, 0.15) is 58.8 Å². The summed E-state index contributed by atoms with van der Waals surface area (Å²) in [6, 6.07) is 0. The van der Waals surface area contributed by atoms with Crippen LogP contribution in [0.15, 0.2) is 0 Å². The zero-order valence-electron chi connectivity index (χ0n) is 18.9. The quantitative estimate of drug-likeness (QED) is 0.143. The standard InChI is InChI=1S/C22H40O10/c1-12-14(25)16(27)18(29)20(31-12)22(11-24,9-7-5-3-4-6-8-10-23)21-19(30)17(28)15(26)13(2)32-21/h11-21,23,25-30H,3-10H2,1-2H3/t12-,13-,14-,15-,16+,17+,18+,19+,20?,21?,22?/m0/s1. The van der Waals surface area contributed by atoms with Crippen LogP contribution in [0.5, 0.6) is 0 Å². The summed E-state index contributed by atoms with van der Waals surface area (Å²) in [5.41, 5.74) is -1.64. The molecule has 0 radical (unpaired) electrons. The van der Waals surface area contributed by atoms with Crippen molar-refractivity contribution in [3.8, 4) is 0 Å². The monoisotopic (exact) mass is 464 g/mol. The Hall–Kier alpha value is -0.690. The Morgan fingerprint density at radius 2 is 1.06 bits per heavy atom. The molecule has 0 aromatic rings.